The molecule has 37 heavy (non-hydrogen) atoms. The van der Waals surface area contributed by atoms with E-state index in [-0.39, 0.29) is 18.1 Å². The molecule has 4 rings (SSSR count). The van der Waals surface area contributed by atoms with Crippen LogP contribution in [0.1, 0.15) is 45.7 Å². The number of hydrogen-bond donors (Lipinski definition) is 2. The molecule has 7 nitrogen and oxygen atoms in total. The molecule has 0 bridgehead atoms. The third-order valence-electron chi connectivity index (χ3n) is 5.72. The minimum atomic E-state index is -4.62. The highest BCUT2D eigenvalue weighted by Gasteiger charge is 2.35. The molecule has 2 heterocycles. The van der Waals surface area contributed by atoms with Gasteiger partial charge in [0.25, 0.3) is 5.91 Å². The fourth-order valence-corrected chi connectivity index (χ4v) is 3.66. The summed E-state index contributed by atoms with van der Waals surface area (Å²) in [6.45, 7) is 3.33. The van der Waals surface area contributed by atoms with Gasteiger partial charge in [0.05, 0.1) is 23.8 Å². The predicted molar refractivity (Wildman–Crippen MR) is 132 cm³/mol. The first-order chi connectivity index (χ1) is 17.6. The van der Waals surface area contributed by atoms with Gasteiger partial charge in [-0.1, -0.05) is 36.4 Å². The molecule has 1 atom stereocenters. The minimum absolute atomic E-state index is 0.154. The lowest BCUT2D eigenvalue weighted by Crippen LogP contribution is -2.28. The van der Waals surface area contributed by atoms with Crippen molar-refractivity contribution in [3.8, 4) is 5.69 Å². The number of aryl methyl sites for hydroxylation is 1. The zero-order chi connectivity index (χ0) is 26.6. The molecule has 0 aliphatic carbocycles. The Labute approximate surface area is 211 Å². The van der Waals surface area contributed by atoms with Gasteiger partial charge in [0.1, 0.15) is 5.82 Å². The van der Waals surface area contributed by atoms with E-state index in [1.54, 1.807) is 61.5 Å². The van der Waals surface area contributed by atoms with E-state index in [0.29, 0.717) is 22.6 Å². The first-order valence-electron chi connectivity index (χ1n) is 11.4. The average molecular weight is 508 g/mol. The number of carbonyl (C=O) groups is 2. The summed E-state index contributed by atoms with van der Waals surface area (Å²) in [6, 6.07) is 19.8. The number of anilines is 1. The summed E-state index contributed by atoms with van der Waals surface area (Å²) in [7, 11) is 0. The van der Waals surface area contributed by atoms with Gasteiger partial charge in [0.15, 0.2) is 5.69 Å². The number of rotatable bonds is 7. The number of halogens is 3. The van der Waals surface area contributed by atoms with Gasteiger partial charge in [-0.2, -0.15) is 18.3 Å². The number of hydrogen-bond acceptors (Lipinski definition) is 4. The number of amides is 2. The SMILES string of the molecule is Cc1cccc(-n2nc(C(F)(F)F)cc2CNC(=O)C(C)c2ccc(NC(=O)c3ccccc3)nc2)c1. The second-order valence-corrected chi connectivity index (χ2v) is 8.51. The summed E-state index contributed by atoms with van der Waals surface area (Å²) < 4.78 is 41.2. The fraction of sp³-hybridized carbons (Fsp3) is 0.185. The quantitative estimate of drug-likeness (QED) is 0.357. The first-order valence-corrected chi connectivity index (χ1v) is 11.4. The highest BCUT2D eigenvalue weighted by molar-refractivity contribution is 6.03. The highest BCUT2D eigenvalue weighted by Crippen LogP contribution is 2.30. The first kappa shape index (κ1) is 25.6. The Morgan fingerprint density at radius 2 is 1.76 bits per heavy atom. The van der Waals surface area contributed by atoms with Crippen LogP contribution in [-0.4, -0.2) is 26.6 Å². The van der Waals surface area contributed by atoms with E-state index in [4.69, 9.17) is 0 Å². The highest BCUT2D eigenvalue weighted by atomic mass is 19.4. The van der Waals surface area contributed by atoms with Crippen molar-refractivity contribution in [2.75, 3.05) is 5.32 Å². The Bertz CT molecular complexity index is 1400. The Morgan fingerprint density at radius 1 is 1.00 bits per heavy atom. The Morgan fingerprint density at radius 3 is 2.41 bits per heavy atom. The summed E-state index contributed by atoms with van der Waals surface area (Å²) in [5, 5.41) is 9.10. The van der Waals surface area contributed by atoms with Crippen LogP contribution >= 0.6 is 0 Å². The van der Waals surface area contributed by atoms with Crippen molar-refractivity contribution < 1.29 is 22.8 Å². The number of nitrogens with one attached hydrogen (secondary N) is 2. The minimum Gasteiger partial charge on any atom is -0.350 e. The van der Waals surface area contributed by atoms with Crippen molar-refractivity contribution in [3.63, 3.8) is 0 Å². The standard InChI is InChI=1S/C27H24F3N5O2/c1-17-7-6-10-21(13-17)35-22(14-23(34-35)27(28,29)30)16-32-25(36)18(2)20-11-12-24(31-15-20)33-26(37)19-8-4-3-5-9-19/h3-15,18H,16H2,1-2H3,(H,32,36)(H,31,33,37). The van der Waals surface area contributed by atoms with Crippen molar-refractivity contribution in [2.24, 2.45) is 0 Å². The molecular formula is C27H24F3N5O2. The summed E-state index contributed by atoms with van der Waals surface area (Å²) in [5.41, 5.74) is 1.54. The van der Waals surface area contributed by atoms with Gasteiger partial charge >= 0.3 is 6.18 Å². The second-order valence-electron chi connectivity index (χ2n) is 8.51. The van der Waals surface area contributed by atoms with Gasteiger partial charge in [-0.05, 0) is 61.4 Å². The van der Waals surface area contributed by atoms with E-state index < -0.39 is 23.7 Å². The molecule has 0 radical (unpaired) electrons. The van der Waals surface area contributed by atoms with Crippen LogP contribution in [0.3, 0.4) is 0 Å². The molecule has 2 aromatic carbocycles. The number of pyridine rings is 1. The molecular weight excluding hydrogens is 483 g/mol. The zero-order valence-corrected chi connectivity index (χ0v) is 20.1. The lowest BCUT2D eigenvalue weighted by atomic mass is 10.0. The normalized spacial score (nSPS) is 12.1. The number of carbonyl (C=O) groups excluding carboxylic acids is 2. The third-order valence-corrected chi connectivity index (χ3v) is 5.72. The van der Waals surface area contributed by atoms with E-state index in [0.717, 1.165) is 11.6 Å². The van der Waals surface area contributed by atoms with E-state index in [1.165, 1.54) is 10.9 Å². The molecule has 0 saturated heterocycles. The Balaban J connectivity index is 1.44. The molecule has 4 aromatic rings. The van der Waals surface area contributed by atoms with Gasteiger partial charge < -0.3 is 10.6 Å². The summed E-state index contributed by atoms with van der Waals surface area (Å²) in [6.07, 6.45) is -3.14. The van der Waals surface area contributed by atoms with Crippen LogP contribution in [-0.2, 0) is 17.5 Å². The predicted octanol–water partition coefficient (Wildman–Crippen LogP) is 5.27. The Kier molecular flexibility index (Phi) is 7.37. The molecule has 0 aliphatic heterocycles. The number of alkyl halides is 3. The topological polar surface area (TPSA) is 88.9 Å². The van der Waals surface area contributed by atoms with E-state index in [9.17, 15) is 22.8 Å². The van der Waals surface area contributed by atoms with Crippen LogP contribution in [0, 0.1) is 6.92 Å². The number of benzene rings is 2. The number of nitrogens with zero attached hydrogens (tertiary/aromatic N) is 3. The molecule has 10 heteroatoms. The summed E-state index contributed by atoms with van der Waals surface area (Å²) >= 11 is 0. The molecule has 0 aliphatic rings. The lowest BCUT2D eigenvalue weighted by molar-refractivity contribution is -0.141. The van der Waals surface area contributed by atoms with Crippen molar-refractivity contribution in [1.29, 1.82) is 0 Å². The summed E-state index contributed by atoms with van der Waals surface area (Å²) in [4.78, 5) is 29.3. The zero-order valence-electron chi connectivity index (χ0n) is 20.1. The van der Waals surface area contributed by atoms with Crippen LogP contribution in [0.5, 0.6) is 0 Å². The van der Waals surface area contributed by atoms with Crippen LogP contribution in [0.15, 0.2) is 79.0 Å². The molecule has 2 N–H and O–H groups in total. The molecule has 0 saturated carbocycles. The van der Waals surface area contributed by atoms with Gasteiger partial charge in [-0.25, -0.2) is 9.67 Å². The number of aromatic nitrogens is 3. The molecule has 0 spiro atoms. The van der Waals surface area contributed by atoms with Gasteiger partial charge in [0, 0.05) is 11.8 Å². The van der Waals surface area contributed by atoms with Crippen LogP contribution in [0.4, 0.5) is 19.0 Å². The maximum absolute atomic E-state index is 13.3. The van der Waals surface area contributed by atoms with E-state index in [2.05, 4.69) is 20.7 Å². The second kappa shape index (κ2) is 10.7. The molecule has 1 unspecified atom stereocenters. The van der Waals surface area contributed by atoms with Crippen LogP contribution in [0.2, 0.25) is 0 Å². The molecule has 2 aromatic heterocycles. The van der Waals surface area contributed by atoms with Crippen LogP contribution < -0.4 is 10.6 Å². The Hall–Kier alpha value is -4.47. The van der Waals surface area contributed by atoms with E-state index >= 15 is 0 Å². The lowest BCUT2D eigenvalue weighted by Gasteiger charge is -2.14. The smallest absolute Gasteiger partial charge is 0.350 e. The van der Waals surface area contributed by atoms with Crippen molar-refractivity contribution >= 4 is 17.6 Å². The van der Waals surface area contributed by atoms with Crippen molar-refractivity contribution in [3.05, 3.63) is 107 Å². The maximum Gasteiger partial charge on any atom is 0.435 e. The van der Waals surface area contributed by atoms with Gasteiger partial charge in [-0.3, -0.25) is 9.59 Å². The van der Waals surface area contributed by atoms with Gasteiger partial charge in [0.2, 0.25) is 5.91 Å². The fourth-order valence-electron chi connectivity index (χ4n) is 3.66. The van der Waals surface area contributed by atoms with Crippen LogP contribution in [0.25, 0.3) is 5.69 Å². The van der Waals surface area contributed by atoms with Gasteiger partial charge in [-0.15, -0.1) is 0 Å². The van der Waals surface area contributed by atoms with Crippen molar-refractivity contribution in [1.82, 2.24) is 20.1 Å². The van der Waals surface area contributed by atoms with E-state index in [1.807, 2.05) is 19.1 Å². The van der Waals surface area contributed by atoms with Crippen molar-refractivity contribution in [2.45, 2.75) is 32.5 Å². The summed E-state index contributed by atoms with van der Waals surface area (Å²) in [5.74, 6) is -1.01. The average Bonchev–Trinajstić information content (AvgIpc) is 3.33. The maximum atomic E-state index is 13.3. The largest absolute Gasteiger partial charge is 0.435 e. The molecule has 2 amide bonds. The monoisotopic (exact) mass is 507 g/mol. The molecule has 0 fully saturated rings. The third kappa shape index (κ3) is 6.21. The molecule has 190 valence electrons.